The van der Waals surface area contributed by atoms with E-state index in [9.17, 15) is 5.11 Å². The van der Waals surface area contributed by atoms with Crippen LogP contribution in [0, 0.1) is 11.3 Å². The Morgan fingerprint density at radius 1 is 1.21 bits per heavy atom. The molecule has 4 atom stereocenters. The van der Waals surface area contributed by atoms with Crippen LogP contribution in [0.4, 0.5) is 0 Å². The minimum Gasteiger partial charge on any atom is -0.389 e. The Bertz CT molecular complexity index is 719. The number of methoxy groups -OCH3 is 1. The number of aliphatic hydroxyl groups excluding tert-OH is 1. The van der Waals surface area contributed by atoms with Crippen LogP contribution in [0.15, 0.2) is 55.1 Å². The number of hydrogen-bond acceptors (Lipinski definition) is 2. The minimum atomic E-state index is -0.564. The summed E-state index contributed by atoms with van der Waals surface area (Å²) >= 11 is 0. The molecule has 128 valence electrons. The maximum absolute atomic E-state index is 10.7. The van der Waals surface area contributed by atoms with Crippen LogP contribution in [0.25, 0.3) is 10.8 Å². The van der Waals surface area contributed by atoms with E-state index in [1.54, 1.807) is 13.2 Å². The molecule has 0 aromatic heterocycles. The molecule has 2 nitrogen and oxygen atoms in total. The fourth-order valence-electron chi connectivity index (χ4n) is 4.47. The van der Waals surface area contributed by atoms with Crippen molar-refractivity contribution < 1.29 is 9.84 Å². The van der Waals surface area contributed by atoms with Crippen LogP contribution in [-0.2, 0) is 4.74 Å². The van der Waals surface area contributed by atoms with Gasteiger partial charge in [-0.25, -0.2) is 0 Å². The van der Waals surface area contributed by atoms with E-state index < -0.39 is 6.10 Å². The predicted octanol–water partition coefficient (Wildman–Crippen LogP) is 4.92. The highest BCUT2D eigenvalue weighted by atomic mass is 16.5. The zero-order valence-corrected chi connectivity index (χ0v) is 14.9. The third-order valence-corrected chi connectivity index (χ3v) is 5.78. The van der Waals surface area contributed by atoms with Gasteiger partial charge in [0.25, 0.3) is 0 Å². The average molecular weight is 324 g/mol. The Labute approximate surface area is 145 Å². The SMILES string of the molecule is C=CC(O)C1C(c2ccc3ccccc3c2)CCC(C)(C)C1OC. The predicted molar refractivity (Wildman–Crippen MR) is 100 cm³/mol. The van der Waals surface area contributed by atoms with Gasteiger partial charge in [-0.3, -0.25) is 0 Å². The summed E-state index contributed by atoms with van der Waals surface area (Å²) in [5, 5.41) is 13.2. The second-order valence-electron chi connectivity index (χ2n) is 7.70. The quantitative estimate of drug-likeness (QED) is 0.809. The van der Waals surface area contributed by atoms with E-state index in [-0.39, 0.29) is 23.4 Å². The van der Waals surface area contributed by atoms with Crippen LogP contribution in [0.5, 0.6) is 0 Å². The fraction of sp³-hybridized carbons (Fsp3) is 0.455. The van der Waals surface area contributed by atoms with Gasteiger partial charge in [0.05, 0.1) is 12.2 Å². The zero-order valence-electron chi connectivity index (χ0n) is 14.9. The molecule has 0 radical (unpaired) electrons. The molecule has 1 N–H and O–H groups in total. The summed E-state index contributed by atoms with van der Waals surface area (Å²) in [5.74, 6) is 0.304. The molecule has 3 rings (SSSR count). The molecule has 0 heterocycles. The molecular formula is C22H28O2. The Morgan fingerprint density at radius 2 is 1.92 bits per heavy atom. The average Bonchev–Trinajstić information content (AvgIpc) is 2.59. The van der Waals surface area contributed by atoms with Crippen molar-refractivity contribution >= 4 is 10.8 Å². The lowest BCUT2D eigenvalue weighted by Crippen LogP contribution is -2.49. The summed E-state index contributed by atoms with van der Waals surface area (Å²) in [7, 11) is 1.76. The zero-order chi connectivity index (χ0) is 17.3. The number of fused-ring (bicyclic) bond motifs is 1. The second kappa shape index (κ2) is 6.70. The summed E-state index contributed by atoms with van der Waals surface area (Å²) in [4.78, 5) is 0. The Balaban J connectivity index is 2.04. The molecule has 0 spiro atoms. The van der Waals surface area contributed by atoms with E-state index >= 15 is 0 Å². The number of rotatable bonds is 4. The maximum Gasteiger partial charge on any atom is 0.0777 e. The number of hydrogen-bond donors (Lipinski definition) is 1. The summed E-state index contributed by atoms with van der Waals surface area (Å²) < 4.78 is 5.87. The van der Waals surface area contributed by atoms with Crippen molar-refractivity contribution in [2.45, 2.75) is 44.8 Å². The van der Waals surface area contributed by atoms with Crippen LogP contribution < -0.4 is 0 Å². The van der Waals surface area contributed by atoms with E-state index in [1.165, 1.54) is 16.3 Å². The molecule has 0 aliphatic heterocycles. The van der Waals surface area contributed by atoms with Gasteiger partial charge in [0.2, 0.25) is 0 Å². The lowest BCUT2D eigenvalue weighted by molar-refractivity contribution is -0.0994. The van der Waals surface area contributed by atoms with Gasteiger partial charge in [0.1, 0.15) is 0 Å². The molecule has 2 heteroatoms. The molecule has 0 bridgehead atoms. The van der Waals surface area contributed by atoms with Gasteiger partial charge in [0.15, 0.2) is 0 Å². The van der Waals surface area contributed by atoms with E-state index in [0.29, 0.717) is 0 Å². The third kappa shape index (κ3) is 3.01. The van der Waals surface area contributed by atoms with Crippen LogP contribution in [-0.4, -0.2) is 24.4 Å². The second-order valence-corrected chi connectivity index (χ2v) is 7.70. The van der Waals surface area contributed by atoms with E-state index in [4.69, 9.17) is 4.74 Å². The first-order valence-electron chi connectivity index (χ1n) is 8.80. The molecular weight excluding hydrogens is 296 g/mol. The van der Waals surface area contributed by atoms with Crippen molar-refractivity contribution in [2.75, 3.05) is 7.11 Å². The van der Waals surface area contributed by atoms with Crippen molar-refractivity contribution in [3.05, 3.63) is 60.7 Å². The van der Waals surface area contributed by atoms with Gasteiger partial charge in [-0.05, 0) is 40.5 Å². The molecule has 2 aromatic carbocycles. The molecule has 1 fully saturated rings. The number of benzene rings is 2. The third-order valence-electron chi connectivity index (χ3n) is 5.78. The standard InChI is InChI=1S/C22H28O2/c1-5-19(23)20-18(12-13-22(2,3)21(20)24-4)17-11-10-15-8-6-7-9-16(15)14-17/h5-11,14,18-21,23H,1,12-13H2,2-4H3. The van der Waals surface area contributed by atoms with E-state index in [2.05, 4.69) is 62.9 Å². The largest absolute Gasteiger partial charge is 0.389 e. The molecule has 0 saturated heterocycles. The molecule has 1 saturated carbocycles. The molecule has 0 amide bonds. The van der Waals surface area contributed by atoms with Gasteiger partial charge >= 0.3 is 0 Å². The van der Waals surface area contributed by atoms with Crippen LogP contribution in [0.3, 0.4) is 0 Å². The van der Waals surface area contributed by atoms with Crippen LogP contribution in [0.1, 0.15) is 38.2 Å². The summed E-state index contributed by atoms with van der Waals surface area (Å²) in [6.45, 7) is 8.30. The maximum atomic E-state index is 10.7. The Morgan fingerprint density at radius 3 is 2.58 bits per heavy atom. The van der Waals surface area contributed by atoms with Crippen molar-refractivity contribution in [3.63, 3.8) is 0 Å². The summed E-state index contributed by atoms with van der Waals surface area (Å²) in [5.41, 5.74) is 1.34. The van der Waals surface area contributed by atoms with Crippen molar-refractivity contribution in [1.82, 2.24) is 0 Å². The Kier molecular flexibility index (Phi) is 4.80. The van der Waals surface area contributed by atoms with Gasteiger partial charge in [-0.15, -0.1) is 6.58 Å². The van der Waals surface area contributed by atoms with Crippen LogP contribution >= 0.6 is 0 Å². The van der Waals surface area contributed by atoms with Crippen LogP contribution in [0.2, 0.25) is 0 Å². The molecule has 1 aliphatic rings. The van der Waals surface area contributed by atoms with Gasteiger partial charge in [-0.1, -0.05) is 62.4 Å². The summed E-state index contributed by atoms with van der Waals surface area (Å²) in [6, 6.07) is 15.1. The monoisotopic (exact) mass is 324 g/mol. The van der Waals surface area contributed by atoms with Crippen molar-refractivity contribution in [2.24, 2.45) is 11.3 Å². The van der Waals surface area contributed by atoms with Gasteiger partial charge in [0, 0.05) is 13.0 Å². The first kappa shape index (κ1) is 17.2. The number of ether oxygens (including phenoxy) is 1. The van der Waals surface area contributed by atoms with Crippen molar-refractivity contribution in [3.8, 4) is 0 Å². The first-order chi connectivity index (χ1) is 11.5. The molecule has 4 unspecified atom stereocenters. The number of aliphatic hydroxyl groups is 1. The first-order valence-corrected chi connectivity index (χ1v) is 8.80. The van der Waals surface area contributed by atoms with E-state index in [0.717, 1.165) is 12.8 Å². The highest BCUT2D eigenvalue weighted by Crippen LogP contribution is 2.49. The van der Waals surface area contributed by atoms with E-state index in [1.807, 2.05) is 0 Å². The lowest BCUT2D eigenvalue weighted by Gasteiger charge is -2.48. The minimum absolute atomic E-state index is 0.00993. The highest BCUT2D eigenvalue weighted by molar-refractivity contribution is 5.83. The molecule has 24 heavy (non-hydrogen) atoms. The van der Waals surface area contributed by atoms with Gasteiger partial charge < -0.3 is 9.84 Å². The summed E-state index contributed by atoms with van der Waals surface area (Å²) in [6.07, 6.45) is 3.25. The smallest absolute Gasteiger partial charge is 0.0777 e. The Hall–Kier alpha value is -1.64. The lowest BCUT2D eigenvalue weighted by atomic mass is 9.61. The topological polar surface area (TPSA) is 29.5 Å². The molecule has 2 aromatic rings. The molecule has 1 aliphatic carbocycles. The highest BCUT2D eigenvalue weighted by Gasteiger charge is 2.47. The van der Waals surface area contributed by atoms with Crippen molar-refractivity contribution in [1.29, 1.82) is 0 Å². The van der Waals surface area contributed by atoms with Gasteiger partial charge in [-0.2, -0.15) is 0 Å². The fourth-order valence-corrected chi connectivity index (χ4v) is 4.47. The normalized spacial score (nSPS) is 27.8.